The number of carbonyl (C=O) groups excluding carboxylic acids is 1. The molecule has 140 valence electrons. The van der Waals surface area contributed by atoms with Crippen LogP contribution < -0.4 is 4.74 Å². The van der Waals surface area contributed by atoms with Gasteiger partial charge in [-0.1, -0.05) is 35.8 Å². The second-order valence-corrected chi connectivity index (χ2v) is 6.36. The molecule has 1 aromatic carbocycles. The summed E-state index contributed by atoms with van der Waals surface area (Å²) in [5.74, 6) is 0.677. The largest absolute Gasteiger partial charge is 1.00 e. The monoisotopic (exact) mass is 497 g/mol. The van der Waals surface area contributed by atoms with Crippen LogP contribution in [0.4, 0.5) is 0 Å². The zero-order chi connectivity index (χ0) is 18.0. The maximum atomic E-state index is 11.6. The molecule has 0 radical (unpaired) electrons. The van der Waals surface area contributed by atoms with E-state index in [0.29, 0.717) is 13.0 Å². The van der Waals surface area contributed by atoms with Crippen LogP contribution in [0.25, 0.3) is 0 Å². The first-order valence-corrected chi connectivity index (χ1v) is 7.70. The number of hydrogen-bond acceptors (Lipinski definition) is 6. The van der Waals surface area contributed by atoms with E-state index in [1.165, 1.54) is 0 Å². The van der Waals surface area contributed by atoms with Gasteiger partial charge in [0.25, 0.3) is 0 Å². The Morgan fingerprint density at radius 1 is 1.33 bits per heavy atom. The molecular formula is C15H21AgBrNO6. The van der Waals surface area contributed by atoms with Crippen LogP contribution in [0.15, 0.2) is 22.7 Å². The van der Waals surface area contributed by atoms with Crippen LogP contribution in [-0.2, 0) is 38.3 Å². The van der Waals surface area contributed by atoms with Crippen molar-refractivity contribution in [2.45, 2.75) is 33.6 Å². The molecule has 0 spiro atoms. The van der Waals surface area contributed by atoms with Gasteiger partial charge in [-0.05, 0) is 36.5 Å². The average Bonchev–Trinajstić information content (AvgIpc) is 2.39. The molecule has 24 heavy (non-hydrogen) atoms. The predicted octanol–water partition coefficient (Wildman–Crippen LogP) is 3.74. The third-order valence-corrected chi connectivity index (χ3v) is 3.60. The van der Waals surface area contributed by atoms with E-state index in [1.54, 1.807) is 7.11 Å². The van der Waals surface area contributed by atoms with E-state index in [4.69, 9.17) is 24.8 Å². The Morgan fingerprint density at radius 3 is 2.29 bits per heavy atom. The van der Waals surface area contributed by atoms with Crippen LogP contribution in [0.3, 0.4) is 0 Å². The summed E-state index contributed by atoms with van der Waals surface area (Å²) in [6, 6.07) is 5.89. The zero-order valence-electron chi connectivity index (χ0n) is 13.9. The molecule has 0 saturated heterocycles. The van der Waals surface area contributed by atoms with E-state index in [9.17, 15) is 4.79 Å². The molecule has 0 atom stereocenters. The van der Waals surface area contributed by atoms with Crippen molar-refractivity contribution in [2.24, 2.45) is 5.41 Å². The molecule has 0 aliphatic rings. The molecule has 9 heteroatoms. The van der Waals surface area contributed by atoms with E-state index in [-0.39, 0.29) is 33.8 Å². The third kappa shape index (κ3) is 11.4. The standard InChI is InChI=1S/C15H21BrO3.Ag.NO3/c1-5-19-14(17)10-15(2,3)9-11-6-7-12(18-4)8-13(11)16;;2-1(3)4/h6-8H,5,9-10H2,1-4H3;;/q;+1;-1. The minimum atomic E-state index is -1.75. The molecule has 0 aromatic heterocycles. The van der Waals surface area contributed by atoms with Gasteiger partial charge < -0.3 is 24.8 Å². The number of halogens is 1. The number of hydrogen-bond donors (Lipinski definition) is 0. The van der Waals surface area contributed by atoms with Gasteiger partial charge >= 0.3 is 28.3 Å². The first-order valence-electron chi connectivity index (χ1n) is 6.91. The van der Waals surface area contributed by atoms with Gasteiger partial charge in [-0.25, -0.2) is 0 Å². The van der Waals surface area contributed by atoms with E-state index in [0.717, 1.165) is 22.2 Å². The zero-order valence-corrected chi connectivity index (χ0v) is 17.0. The average molecular weight is 499 g/mol. The maximum Gasteiger partial charge on any atom is 1.00 e. The van der Waals surface area contributed by atoms with Crippen molar-refractivity contribution >= 4 is 21.9 Å². The molecule has 0 fully saturated rings. The Morgan fingerprint density at radius 2 is 1.88 bits per heavy atom. The van der Waals surface area contributed by atoms with Crippen LogP contribution >= 0.6 is 15.9 Å². The first-order chi connectivity index (χ1) is 10.6. The molecule has 1 aromatic rings. The molecule has 0 aliphatic carbocycles. The van der Waals surface area contributed by atoms with E-state index >= 15 is 0 Å². The van der Waals surface area contributed by atoms with Crippen molar-refractivity contribution < 1.29 is 41.7 Å². The molecule has 0 heterocycles. The molecule has 0 saturated carbocycles. The fourth-order valence-corrected chi connectivity index (χ4v) is 2.48. The number of ether oxygens (including phenoxy) is 2. The summed E-state index contributed by atoms with van der Waals surface area (Å²) in [5, 5.41) is 14.8. The van der Waals surface area contributed by atoms with Crippen molar-refractivity contribution in [3.8, 4) is 5.75 Å². The molecule has 1 rings (SSSR count). The molecule has 7 nitrogen and oxygen atoms in total. The smallest absolute Gasteiger partial charge is 0.497 e. The van der Waals surface area contributed by atoms with Crippen LogP contribution in [0.5, 0.6) is 5.75 Å². The van der Waals surface area contributed by atoms with Crippen LogP contribution in [0.2, 0.25) is 0 Å². The Balaban J connectivity index is 0. The summed E-state index contributed by atoms with van der Waals surface area (Å²) in [6.45, 7) is 6.40. The summed E-state index contributed by atoms with van der Waals surface area (Å²) < 4.78 is 11.2. The predicted molar refractivity (Wildman–Crippen MR) is 89.8 cm³/mol. The molecule has 0 N–H and O–H groups in total. The normalized spacial score (nSPS) is 9.88. The number of rotatable bonds is 6. The SMILES string of the molecule is CCOC(=O)CC(C)(C)Cc1ccc(OC)cc1Br.O=[N+]([O-])[O-].[Ag+]. The fourth-order valence-electron chi connectivity index (χ4n) is 1.98. The van der Waals surface area contributed by atoms with Crippen molar-refractivity contribution in [2.75, 3.05) is 13.7 Å². The number of methoxy groups -OCH3 is 1. The van der Waals surface area contributed by atoms with Crippen molar-refractivity contribution in [3.05, 3.63) is 43.6 Å². The first kappa shape index (κ1) is 25.2. The molecule has 0 aliphatic heterocycles. The Bertz CT molecular complexity index is 535. The van der Waals surface area contributed by atoms with Gasteiger partial charge in [0, 0.05) is 4.47 Å². The Hall–Kier alpha value is -1.09. The van der Waals surface area contributed by atoms with Crippen molar-refractivity contribution in [1.29, 1.82) is 0 Å². The molecule has 0 bridgehead atoms. The number of carbonyl (C=O) groups is 1. The third-order valence-electron chi connectivity index (χ3n) is 2.86. The van der Waals surface area contributed by atoms with Gasteiger partial charge in [0.2, 0.25) is 0 Å². The van der Waals surface area contributed by atoms with E-state index in [2.05, 4.69) is 29.8 Å². The minimum absolute atomic E-state index is 0. The summed E-state index contributed by atoms with van der Waals surface area (Å²) in [7, 11) is 1.64. The van der Waals surface area contributed by atoms with Crippen molar-refractivity contribution in [3.63, 3.8) is 0 Å². The summed E-state index contributed by atoms with van der Waals surface area (Å²) in [4.78, 5) is 19.8. The van der Waals surface area contributed by atoms with Gasteiger partial charge in [-0.2, -0.15) is 0 Å². The summed E-state index contributed by atoms with van der Waals surface area (Å²) >= 11 is 3.54. The minimum Gasteiger partial charge on any atom is -0.497 e. The van der Waals surface area contributed by atoms with Crippen LogP contribution in [-0.4, -0.2) is 24.8 Å². The van der Waals surface area contributed by atoms with Crippen molar-refractivity contribution in [1.82, 2.24) is 0 Å². The Labute approximate surface area is 165 Å². The van der Waals surface area contributed by atoms with Crippen LogP contribution in [0.1, 0.15) is 32.8 Å². The quantitative estimate of drug-likeness (QED) is 0.256. The topological polar surface area (TPSA) is 102 Å². The second-order valence-electron chi connectivity index (χ2n) is 5.50. The second kappa shape index (κ2) is 12.3. The summed E-state index contributed by atoms with van der Waals surface area (Å²) in [6.07, 6.45) is 1.22. The van der Waals surface area contributed by atoms with Crippen LogP contribution in [0, 0.1) is 20.7 Å². The number of nitrogens with zero attached hydrogens (tertiary/aromatic N) is 1. The van der Waals surface area contributed by atoms with Gasteiger partial charge in [0.05, 0.1) is 25.2 Å². The van der Waals surface area contributed by atoms with Gasteiger partial charge in [-0.15, -0.1) is 0 Å². The summed E-state index contributed by atoms with van der Waals surface area (Å²) in [5.41, 5.74) is 1.03. The van der Waals surface area contributed by atoms with E-state index < -0.39 is 5.09 Å². The number of esters is 1. The van der Waals surface area contributed by atoms with E-state index in [1.807, 2.05) is 25.1 Å². The fraction of sp³-hybridized carbons (Fsp3) is 0.533. The number of benzene rings is 1. The van der Waals surface area contributed by atoms with Gasteiger partial charge in [0.15, 0.2) is 0 Å². The van der Waals surface area contributed by atoms with Gasteiger partial charge in [0.1, 0.15) is 5.75 Å². The van der Waals surface area contributed by atoms with Gasteiger partial charge in [-0.3, -0.25) is 4.79 Å². The molecule has 0 unspecified atom stereocenters. The Kier molecular flexibility index (Phi) is 12.9. The molecule has 0 amide bonds. The molecular weight excluding hydrogens is 478 g/mol. The maximum absolute atomic E-state index is 11.6.